The van der Waals surface area contributed by atoms with Crippen molar-refractivity contribution in [1.82, 2.24) is 9.80 Å². The fraction of sp³-hybridized carbons (Fsp3) is 0.294. The number of benzene rings is 1. The van der Waals surface area contributed by atoms with Crippen LogP contribution in [0.4, 0.5) is 9.18 Å². The lowest BCUT2D eigenvalue weighted by Gasteiger charge is -2.30. The van der Waals surface area contributed by atoms with Gasteiger partial charge in [0.05, 0.1) is 0 Å². The average molecular weight is 361 g/mol. The van der Waals surface area contributed by atoms with E-state index in [1.165, 1.54) is 35.8 Å². The number of nitrogens with zero attached hydrogens (tertiary/aromatic N) is 4. The molecule has 0 bridgehead atoms. The predicted molar refractivity (Wildman–Crippen MR) is 95.2 cm³/mol. The highest BCUT2D eigenvalue weighted by atomic mass is 32.2. The van der Waals surface area contributed by atoms with Crippen molar-refractivity contribution in [3.8, 4) is 0 Å². The largest absolute Gasteiger partial charge is 0.358 e. The molecule has 8 heteroatoms. The van der Waals surface area contributed by atoms with Crippen molar-refractivity contribution < 1.29 is 18.6 Å². The third-order valence-corrected chi connectivity index (χ3v) is 5.16. The second-order valence-electron chi connectivity index (χ2n) is 5.75. The number of urea groups is 1. The number of halogens is 1. The number of likely N-dealkylation sites (N-methyl/N-ethyl adjacent to an activating group) is 2. The number of amides is 3. The standard InChI is InChI=1S/C17H18FN4O2S/c1-4-9-22-13-14(20(2)17(24)21(3)15(13)23)19-16(22)25-10-11-5-7-12(18)8-6-11/h4-8,13H,1,9-10H2,2-3H3/q+1. The van der Waals surface area contributed by atoms with Gasteiger partial charge in [-0.15, -0.1) is 0 Å². The predicted octanol–water partition coefficient (Wildman–Crippen LogP) is 1.92. The Morgan fingerprint density at radius 1 is 1.28 bits per heavy atom. The summed E-state index contributed by atoms with van der Waals surface area (Å²) >= 11 is 1.44. The van der Waals surface area contributed by atoms with Crippen molar-refractivity contribution in [2.24, 2.45) is 4.99 Å². The molecule has 3 rings (SSSR count). The number of amidine groups is 2. The maximum absolute atomic E-state index is 13.0. The molecule has 1 fully saturated rings. The molecule has 0 saturated carbocycles. The van der Waals surface area contributed by atoms with E-state index in [2.05, 4.69) is 11.6 Å². The number of carbonyl (C=O) groups is 2. The van der Waals surface area contributed by atoms with Gasteiger partial charge in [0, 0.05) is 19.8 Å². The van der Waals surface area contributed by atoms with Gasteiger partial charge >= 0.3 is 11.2 Å². The number of hydrogen-bond acceptors (Lipinski definition) is 4. The van der Waals surface area contributed by atoms with E-state index in [1.54, 1.807) is 25.3 Å². The van der Waals surface area contributed by atoms with E-state index < -0.39 is 12.1 Å². The van der Waals surface area contributed by atoms with Crippen molar-refractivity contribution in [3.05, 3.63) is 48.3 Å². The van der Waals surface area contributed by atoms with E-state index in [0.717, 1.165) is 10.5 Å². The normalized spacial score (nSPS) is 20.1. The first-order valence-electron chi connectivity index (χ1n) is 7.69. The zero-order valence-corrected chi connectivity index (χ0v) is 14.8. The Hall–Kier alpha value is -2.48. The number of fused-ring (bicyclic) bond motifs is 1. The fourth-order valence-corrected chi connectivity index (χ4v) is 3.73. The molecule has 0 N–H and O–H groups in total. The molecule has 25 heavy (non-hydrogen) atoms. The minimum atomic E-state index is -0.624. The number of carbonyl (C=O) groups excluding carboxylic acids is 2. The van der Waals surface area contributed by atoms with Crippen LogP contribution in [-0.4, -0.2) is 64.0 Å². The molecule has 0 radical (unpaired) electrons. The van der Waals surface area contributed by atoms with E-state index in [4.69, 9.17) is 0 Å². The van der Waals surface area contributed by atoms with Crippen LogP contribution in [0.3, 0.4) is 0 Å². The lowest BCUT2D eigenvalue weighted by molar-refractivity contribution is -0.522. The molecule has 2 heterocycles. The SMILES string of the molecule is C=CC[N+]1=C(SCc2ccc(F)cc2)N=C2C1C(=O)N(C)C(=O)N2C. The zero-order chi connectivity index (χ0) is 18.1. The first-order chi connectivity index (χ1) is 11.9. The third kappa shape index (κ3) is 3.09. The smallest absolute Gasteiger partial charge is 0.269 e. The van der Waals surface area contributed by atoms with Gasteiger partial charge < -0.3 is 0 Å². The zero-order valence-electron chi connectivity index (χ0n) is 14.0. The van der Waals surface area contributed by atoms with Gasteiger partial charge in [-0.2, -0.15) is 0 Å². The summed E-state index contributed by atoms with van der Waals surface area (Å²) < 4.78 is 14.8. The summed E-state index contributed by atoms with van der Waals surface area (Å²) in [5, 5.41) is 0.646. The van der Waals surface area contributed by atoms with E-state index >= 15 is 0 Å². The van der Waals surface area contributed by atoms with Crippen molar-refractivity contribution in [1.29, 1.82) is 0 Å². The van der Waals surface area contributed by atoms with Crippen molar-refractivity contribution in [3.63, 3.8) is 0 Å². The molecule has 2 aliphatic heterocycles. The molecule has 6 nitrogen and oxygen atoms in total. The second-order valence-corrected chi connectivity index (χ2v) is 6.69. The highest BCUT2D eigenvalue weighted by Gasteiger charge is 2.52. The monoisotopic (exact) mass is 361 g/mol. The number of imide groups is 1. The summed E-state index contributed by atoms with van der Waals surface area (Å²) in [4.78, 5) is 31.7. The van der Waals surface area contributed by atoms with Crippen LogP contribution >= 0.6 is 11.8 Å². The van der Waals surface area contributed by atoms with Gasteiger partial charge in [0.2, 0.25) is 0 Å². The van der Waals surface area contributed by atoms with Gasteiger partial charge in [-0.3, -0.25) is 14.6 Å². The van der Waals surface area contributed by atoms with Crippen LogP contribution in [0.5, 0.6) is 0 Å². The van der Waals surface area contributed by atoms with Crippen LogP contribution in [0, 0.1) is 5.82 Å². The first-order valence-corrected chi connectivity index (χ1v) is 8.68. The molecule has 1 atom stereocenters. The maximum Gasteiger partial charge on any atom is 0.358 e. The van der Waals surface area contributed by atoms with Crippen molar-refractivity contribution >= 4 is 34.7 Å². The number of aliphatic imine (C=N–C) groups is 1. The molecular formula is C17H18FN4O2S+. The van der Waals surface area contributed by atoms with Gasteiger partial charge in [0.25, 0.3) is 17.8 Å². The highest BCUT2D eigenvalue weighted by Crippen LogP contribution is 2.24. The van der Waals surface area contributed by atoms with Gasteiger partial charge in [-0.1, -0.05) is 24.8 Å². The Morgan fingerprint density at radius 2 is 1.96 bits per heavy atom. The van der Waals surface area contributed by atoms with Crippen LogP contribution in [-0.2, 0) is 10.5 Å². The van der Waals surface area contributed by atoms with Crippen LogP contribution in [0.15, 0.2) is 41.9 Å². The molecule has 0 aliphatic carbocycles. The summed E-state index contributed by atoms with van der Waals surface area (Å²) in [6, 6.07) is 5.22. The molecule has 1 aromatic rings. The Kier molecular flexibility index (Phi) is 4.71. The summed E-state index contributed by atoms with van der Waals surface area (Å²) in [6.07, 6.45) is 1.70. The lowest BCUT2D eigenvalue weighted by atomic mass is 10.1. The maximum atomic E-state index is 13.0. The lowest BCUT2D eigenvalue weighted by Crippen LogP contribution is -2.61. The van der Waals surface area contributed by atoms with Gasteiger partial charge in [0.15, 0.2) is 0 Å². The first kappa shape index (κ1) is 17.3. The summed E-state index contributed by atoms with van der Waals surface area (Å²) in [6.45, 7) is 4.18. The molecule has 2 aliphatic rings. The molecule has 130 valence electrons. The van der Waals surface area contributed by atoms with Crippen LogP contribution in [0.2, 0.25) is 0 Å². The van der Waals surface area contributed by atoms with E-state index in [9.17, 15) is 14.0 Å². The Labute approximate surface area is 149 Å². The molecule has 1 unspecified atom stereocenters. The summed E-state index contributed by atoms with van der Waals surface area (Å²) in [5.74, 6) is 0.419. The van der Waals surface area contributed by atoms with Gasteiger partial charge in [0.1, 0.15) is 12.4 Å². The van der Waals surface area contributed by atoms with Crippen LogP contribution in [0.25, 0.3) is 0 Å². The minimum absolute atomic E-state index is 0.282. The summed E-state index contributed by atoms with van der Waals surface area (Å²) in [5.41, 5.74) is 0.945. The number of hydrogen-bond donors (Lipinski definition) is 0. The van der Waals surface area contributed by atoms with Crippen LogP contribution < -0.4 is 0 Å². The van der Waals surface area contributed by atoms with E-state index in [1.807, 2.05) is 4.58 Å². The number of thioether (sulfide) groups is 1. The van der Waals surface area contributed by atoms with Crippen LogP contribution in [0.1, 0.15) is 5.56 Å². The topological polar surface area (TPSA) is 56.0 Å². The minimum Gasteiger partial charge on any atom is -0.269 e. The second kappa shape index (κ2) is 6.79. The quantitative estimate of drug-likeness (QED) is 0.608. The molecule has 1 saturated heterocycles. The summed E-state index contributed by atoms with van der Waals surface area (Å²) in [7, 11) is 3.07. The van der Waals surface area contributed by atoms with E-state index in [0.29, 0.717) is 23.3 Å². The average Bonchev–Trinajstić information content (AvgIpc) is 2.97. The van der Waals surface area contributed by atoms with Crippen molar-refractivity contribution in [2.45, 2.75) is 11.8 Å². The Bertz CT molecular complexity index is 803. The molecule has 0 aromatic heterocycles. The Balaban J connectivity index is 1.89. The Morgan fingerprint density at radius 3 is 2.60 bits per heavy atom. The van der Waals surface area contributed by atoms with Gasteiger partial charge in [-0.25, -0.2) is 13.8 Å². The third-order valence-electron chi connectivity index (χ3n) is 4.10. The van der Waals surface area contributed by atoms with Gasteiger partial charge in [-0.05, 0) is 34.5 Å². The van der Waals surface area contributed by atoms with E-state index in [-0.39, 0.29) is 11.7 Å². The number of rotatable bonds is 4. The highest BCUT2D eigenvalue weighted by molar-refractivity contribution is 8.13. The molecule has 0 spiro atoms. The molecule has 3 amide bonds. The fourth-order valence-electron chi connectivity index (χ4n) is 2.74. The molecule has 1 aromatic carbocycles. The molecular weight excluding hydrogens is 343 g/mol. The van der Waals surface area contributed by atoms with Crippen molar-refractivity contribution in [2.75, 3.05) is 20.6 Å².